The van der Waals surface area contributed by atoms with E-state index in [9.17, 15) is 0 Å². The van der Waals surface area contributed by atoms with Crippen LogP contribution < -0.4 is 5.46 Å². The van der Waals surface area contributed by atoms with E-state index >= 15 is 0 Å². The van der Waals surface area contributed by atoms with Crippen molar-refractivity contribution in [2.24, 2.45) is 0 Å². The van der Waals surface area contributed by atoms with Gasteiger partial charge in [-0.3, -0.25) is 0 Å². The van der Waals surface area contributed by atoms with Crippen molar-refractivity contribution in [3.63, 3.8) is 0 Å². The maximum atomic E-state index is 6.40. The molecule has 4 heterocycles. The number of aromatic nitrogens is 1. The van der Waals surface area contributed by atoms with Crippen LogP contribution in [0.4, 0.5) is 0 Å². The lowest BCUT2D eigenvalue weighted by Crippen LogP contribution is -2.41. The van der Waals surface area contributed by atoms with Crippen molar-refractivity contribution in [2.75, 3.05) is 0 Å². The van der Waals surface area contributed by atoms with Crippen LogP contribution in [0.15, 0.2) is 81.6 Å². The Hall–Kier alpha value is -3.65. The molecule has 0 bridgehead atoms. The molecule has 0 spiro atoms. The summed E-state index contributed by atoms with van der Waals surface area (Å²) in [7, 11) is -0.470. The summed E-state index contributed by atoms with van der Waals surface area (Å²) in [5.74, 6) is 0. The summed E-state index contributed by atoms with van der Waals surface area (Å²) in [6, 6.07) is 24.7. The second-order valence-corrected chi connectivity index (χ2v) is 12.1. The molecule has 7 aromatic rings. The molecule has 0 N–H and O–H groups in total. The van der Waals surface area contributed by atoms with Gasteiger partial charge in [-0.2, -0.15) is 0 Å². The summed E-state index contributed by atoms with van der Waals surface area (Å²) < 4.78 is 26.2. The first-order valence-corrected chi connectivity index (χ1v) is 13.6. The van der Waals surface area contributed by atoms with Crippen molar-refractivity contribution >= 4 is 78.0 Å². The van der Waals surface area contributed by atoms with Crippen molar-refractivity contribution in [2.45, 2.75) is 38.9 Å². The Morgan fingerprint density at radius 3 is 2.26 bits per heavy atom. The summed E-state index contributed by atoms with van der Waals surface area (Å²) in [5, 5.41) is 5.22. The molecule has 0 saturated carbocycles. The van der Waals surface area contributed by atoms with E-state index in [1.807, 2.05) is 36.4 Å². The van der Waals surface area contributed by atoms with Gasteiger partial charge in [0.25, 0.3) is 0 Å². The third-order valence-corrected chi connectivity index (χ3v) is 9.24. The van der Waals surface area contributed by atoms with Crippen LogP contribution in [0.3, 0.4) is 0 Å². The van der Waals surface area contributed by atoms with Crippen LogP contribution in [0.1, 0.15) is 27.7 Å². The second kappa shape index (κ2) is 7.47. The highest BCUT2D eigenvalue weighted by molar-refractivity contribution is 7.21. The fraction of sp³-hybridized carbons (Fsp3) is 0.194. The summed E-state index contributed by atoms with van der Waals surface area (Å²) in [4.78, 5) is 5.05. The first-order chi connectivity index (χ1) is 18.3. The molecule has 0 amide bonds. The summed E-state index contributed by atoms with van der Waals surface area (Å²) in [6.07, 6.45) is 0. The number of benzene rings is 4. The van der Waals surface area contributed by atoms with Crippen molar-refractivity contribution < 1.29 is 18.1 Å². The van der Waals surface area contributed by atoms with E-state index in [0.717, 1.165) is 70.1 Å². The lowest BCUT2D eigenvalue weighted by Gasteiger charge is -2.32. The monoisotopic (exact) mass is 517 g/mol. The summed E-state index contributed by atoms with van der Waals surface area (Å²) >= 11 is 1.67. The zero-order chi connectivity index (χ0) is 25.8. The molecule has 5 nitrogen and oxygen atoms in total. The van der Waals surface area contributed by atoms with Crippen LogP contribution in [0.25, 0.3) is 64.7 Å². The molecule has 0 aliphatic carbocycles. The number of para-hydroxylation sites is 1. The molecule has 38 heavy (non-hydrogen) atoms. The van der Waals surface area contributed by atoms with Gasteiger partial charge in [-0.05, 0) is 69.6 Å². The molecule has 4 aromatic carbocycles. The van der Waals surface area contributed by atoms with Gasteiger partial charge < -0.3 is 18.1 Å². The van der Waals surface area contributed by atoms with Gasteiger partial charge in [0, 0.05) is 33.2 Å². The van der Waals surface area contributed by atoms with E-state index in [4.69, 9.17) is 23.1 Å². The number of thiazole rings is 1. The molecule has 0 unspecified atom stereocenters. The quantitative estimate of drug-likeness (QED) is 0.217. The Labute approximate surface area is 223 Å². The van der Waals surface area contributed by atoms with Gasteiger partial charge in [0.15, 0.2) is 0 Å². The van der Waals surface area contributed by atoms with Gasteiger partial charge in [-0.1, -0.05) is 30.3 Å². The van der Waals surface area contributed by atoms with E-state index in [1.54, 1.807) is 11.3 Å². The van der Waals surface area contributed by atoms with E-state index in [0.29, 0.717) is 0 Å². The highest BCUT2D eigenvalue weighted by Crippen LogP contribution is 2.40. The molecule has 0 radical (unpaired) electrons. The van der Waals surface area contributed by atoms with Crippen LogP contribution in [0.5, 0.6) is 0 Å². The largest absolute Gasteiger partial charge is 0.495 e. The number of nitrogens with zero attached hydrogens (tertiary/aromatic N) is 1. The fourth-order valence-electron chi connectivity index (χ4n) is 5.42. The Morgan fingerprint density at radius 1 is 0.684 bits per heavy atom. The maximum Gasteiger partial charge on any atom is 0.495 e. The van der Waals surface area contributed by atoms with E-state index in [1.165, 1.54) is 0 Å². The number of hydrogen-bond donors (Lipinski definition) is 0. The first kappa shape index (κ1) is 22.3. The van der Waals surface area contributed by atoms with Crippen molar-refractivity contribution in [1.82, 2.24) is 4.98 Å². The minimum atomic E-state index is -0.470. The molecule has 0 atom stereocenters. The first-order valence-electron chi connectivity index (χ1n) is 12.8. The van der Waals surface area contributed by atoms with Crippen LogP contribution in [0, 0.1) is 0 Å². The van der Waals surface area contributed by atoms with Gasteiger partial charge in [0.05, 0.1) is 21.4 Å². The van der Waals surface area contributed by atoms with Crippen molar-refractivity contribution in [3.8, 4) is 10.6 Å². The lowest BCUT2D eigenvalue weighted by atomic mass is 9.76. The molecule has 7 heteroatoms. The smallest absolute Gasteiger partial charge is 0.456 e. The molecule has 1 aliphatic heterocycles. The standard InChI is InChI=1S/C31H24BNO4S/c1-30(2)31(3,4)37-32(36-30)21-9-7-11-25-28(21)20-15-22-27(16-26(20)35-25)38-29(33-22)17-12-13-24-19(14-17)18-8-5-6-10-23(18)34-24/h5-16H,1-4H3. The molecule has 8 rings (SSSR count). The zero-order valence-corrected chi connectivity index (χ0v) is 22.3. The minimum Gasteiger partial charge on any atom is -0.456 e. The molecular formula is C31H24BNO4S. The van der Waals surface area contributed by atoms with Crippen molar-refractivity contribution in [1.29, 1.82) is 0 Å². The highest BCUT2D eigenvalue weighted by Gasteiger charge is 2.52. The molecular weight excluding hydrogens is 493 g/mol. The third kappa shape index (κ3) is 3.10. The van der Waals surface area contributed by atoms with Gasteiger partial charge >= 0.3 is 7.12 Å². The summed E-state index contributed by atoms with van der Waals surface area (Å²) in [5.41, 5.74) is 5.60. The molecule has 186 valence electrons. The average molecular weight is 517 g/mol. The topological polar surface area (TPSA) is 57.6 Å². The zero-order valence-electron chi connectivity index (χ0n) is 21.5. The van der Waals surface area contributed by atoms with Gasteiger partial charge in [0.2, 0.25) is 0 Å². The Kier molecular flexibility index (Phi) is 4.40. The van der Waals surface area contributed by atoms with Crippen molar-refractivity contribution in [3.05, 3.63) is 72.8 Å². The van der Waals surface area contributed by atoms with E-state index in [2.05, 4.69) is 64.1 Å². The second-order valence-electron chi connectivity index (χ2n) is 11.1. The normalized spacial score (nSPS) is 17.1. The average Bonchev–Trinajstić information content (AvgIpc) is 3.62. The Balaban J connectivity index is 1.28. The number of fused-ring (bicyclic) bond motifs is 7. The summed E-state index contributed by atoms with van der Waals surface area (Å²) in [6.45, 7) is 8.30. The Morgan fingerprint density at radius 2 is 1.42 bits per heavy atom. The van der Waals surface area contributed by atoms with Crippen LogP contribution in [-0.2, 0) is 9.31 Å². The van der Waals surface area contributed by atoms with Gasteiger partial charge in [0.1, 0.15) is 27.3 Å². The van der Waals surface area contributed by atoms with Gasteiger partial charge in [-0.15, -0.1) is 11.3 Å². The highest BCUT2D eigenvalue weighted by atomic mass is 32.1. The van der Waals surface area contributed by atoms with Crippen LogP contribution in [-0.4, -0.2) is 23.3 Å². The number of furan rings is 2. The SMILES string of the molecule is CC1(C)OB(c2cccc3oc4cc5sc(-c6ccc7oc8ccccc8c7c6)nc5cc4c23)OC1(C)C. The lowest BCUT2D eigenvalue weighted by molar-refractivity contribution is 0.00578. The number of rotatable bonds is 2. The predicted molar refractivity (Wildman–Crippen MR) is 155 cm³/mol. The Bertz CT molecular complexity index is 2050. The third-order valence-electron chi connectivity index (χ3n) is 8.17. The minimum absolute atomic E-state index is 0.419. The number of hydrogen-bond acceptors (Lipinski definition) is 6. The van der Waals surface area contributed by atoms with Crippen LogP contribution >= 0.6 is 11.3 Å². The molecule has 1 aliphatic rings. The maximum absolute atomic E-state index is 6.40. The van der Waals surface area contributed by atoms with Crippen LogP contribution in [0.2, 0.25) is 0 Å². The van der Waals surface area contributed by atoms with Gasteiger partial charge in [-0.25, -0.2) is 4.98 Å². The van der Waals surface area contributed by atoms with E-state index < -0.39 is 18.3 Å². The fourth-order valence-corrected chi connectivity index (χ4v) is 6.40. The molecule has 3 aromatic heterocycles. The van der Waals surface area contributed by atoms with E-state index in [-0.39, 0.29) is 0 Å². The molecule has 1 saturated heterocycles. The predicted octanol–water partition coefficient (Wildman–Crippen LogP) is 8.06. The molecule has 1 fully saturated rings.